The molecule has 0 saturated heterocycles. The summed E-state index contributed by atoms with van der Waals surface area (Å²) in [5.41, 5.74) is 2.39. The standard InChI is InChI=1S/C20H24FNO4S/c1-5-22(6-2)27(24,25)17-9-10-19(21)18(12-17)20(23)26-13-16-11-14(3)7-8-15(16)4/h7-12H,5-6,13H2,1-4H3. The second kappa shape index (κ2) is 8.63. The van der Waals surface area contributed by atoms with Gasteiger partial charge < -0.3 is 4.74 Å². The van der Waals surface area contributed by atoms with Crippen molar-refractivity contribution in [2.24, 2.45) is 0 Å². The van der Waals surface area contributed by atoms with Crippen molar-refractivity contribution in [1.29, 1.82) is 0 Å². The Balaban J connectivity index is 2.27. The van der Waals surface area contributed by atoms with Gasteiger partial charge in [0, 0.05) is 13.1 Å². The summed E-state index contributed by atoms with van der Waals surface area (Å²) in [5.74, 6) is -1.72. The van der Waals surface area contributed by atoms with Crippen molar-refractivity contribution in [2.45, 2.75) is 39.2 Å². The lowest BCUT2D eigenvalue weighted by atomic mass is 10.1. The van der Waals surface area contributed by atoms with Crippen molar-refractivity contribution in [2.75, 3.05) is 13.1 Å². The van der Waals surface area contributed by atoms with E-state index in [1.807, 2.05) is 32.0 Å². The van der Waals surface area contributed by atoms with Crippen LogP contribution in [0.2, 0.25) is 0 Å². The van der Waals surface area contributed by atoms with Crippen LogP contribution in [0.25, 0.3) is 0 Å². The summed E-state index contributed by atoms with van der Waals surface area (Å²) in [6.07, 6.45) is 0. The van der Waals surface area contributed by atoms with Gasteiger partial charge in [-0.2, -0.15) is 4.31 Å². The number of sulfonamides is 1. The fraction of sp³-hybridized carbons (Fsp3) is 0.350. The number of benzene rings is 2. The predicted molar refractivity (Wildman–Crippen MR) is 102 cm³/mol. The van der Waals surface area contributed by atoms with Crippen LogP contribution in [0.15, 0.2) is 41.3 Å². The third-order valence-corrected chi connectivity index (χ3v) is 6.41. The van der Waals surface area contributed by atoms with Crippen LogP contribution in [0.3, 0.4) is 0 Å². The number of carbonyl (C=O) groups excluding carboxylic acids is 1. The molecule has 2 aromatic carbocycles. The van der Waals surface area contributed by atoms with Gasteiger partial charge in [-0.05, 0) is 43.2 Å². The van der Waals surface area contributed by atoms with Gasteiger partial charge >= 0.3 is 5.97 Å². The van der Waals surface area contributed by atoms with Crippen LogP contribution >= 0.6 is 0 Å². The van der Waals surface area contributed by atoms with E-state index in [1.54, 1.807) is 13.8 Å². The molecule has 0 aliphatic carbocycles. The molecule has 5 nitrogen and oxygen atoms in total. The van der Waals surface area contributed by atoms with Crippen molar-refractivity contribution in [1.82, 2.24) is 4.31 Å². The molecule has 0 amide bonds. The minimum atomic E-state index is -3.79. The number of carbonyl (C=O) groups is 1. The van der Waals surface area contributed by atoms with Gasteiger partial charge in [-0.15, -0.1) is 0 Å². The molecule has 2 aromatic rings. The zero-order chi connectivity index (χ0) is 20.2. The maximum absolute atomic E-state index is 14.1. The van der Waals surface area contributed by atoms with Crippen molar-refractivity contribution >= 4 is 16.0 Å². The molecule has 27 heavy (non-hydrogen) atoms. The summed E-state index contributed by atoms with van der Waals surface area (Å²) in [7, 11) is -3.79. The zero-order valence-corrected chi connectivity index (χ0v) is 16.8. The van der Waals surface area contributed by atoms with Crippen molar-refractivity contribution in [3.8, 4) is 0 Å². The highest BCUT2D eigenvalue weighted by Crippen LogP contribution is 2.21. The fourth-order valence-corrected chi connectivity index (χ4v) is 4.20. The molecule has 0 aromatic heterocycles. The maximum Gasteiger partial charge on any atom is 0.341 e. The normalized spacial score (nSPS) is 11.6. The summed E-state index contributed by atoms with van der Waals surface area (Å²) < 4.78 is 45.8. The van der Waals surface area contributed by atoms with Gasteiger partial charge in [0.2, 0.25) is 10.0 Å². The molecule has 0 saturated carbocycles. The first-order chi connectivity index (χ1) is 12.7. The summed E-state index contributed by atoms with van der Waals surface area (Å²) in [6, 6.07) is 8.92. The van der Waals surface area contributed by atoms with Gasteiger partial charge in [-0.25, -0.2) is 17.6 Å². The number of nitrogens with zero attached hydrogens (tertiary/aromatic N) is 1. The van der Waals surface area contributed by atoms with Crippen LogP contribution in [-0.4, -0.2) is 31.8 Å². The third-order valence-electron chi connectivity index (χ3n) is 4.36. The molecule has 0 heterocycles. The lowest BCUT2D eigenvalue weighted by Crippen LogP contribution is -2.30. The van der Waals surface area contributed by atoms with Gasteiger partial charge in [0.25, 0.3) is 0 Å². The number of esters is 1. The smallest absolute Gasteiger partial charge is 0.341 e. The molecule has 0 spiro atoms. The minimum Gasteiger partial charge on any atom is -0.457 e. The topological polar surface area (TPSA) is 63.7 Å². The van der Waals surface area contributed by atoms with Gasteiger partial charge in [-0.1, -0.05) is 37.6 Å². The Kier molecular flexibility index (Phi) is 6.73. The van der Waals surface area contributed by atoms with Crippen LogP contribution in [0.1, 0.15) is 40.9 Å². The molecule has 0 unspecified atom stereocenters. The quantitative estimate of drug-likeness (QED) is 0.671. The highest BCUT2D eigenvalue weighted by molar-refractivity contribution is 7.89. The number of aryl methyl sites for hydroxylation is 2. The summed E-state index contributed by atoms with van der Waals surface area (Å²) in [5, 5.41) is 0. The first-order valence-electron chi connectivity index (χ1n) is 8.73. The van der Waals surface area contributed by atoms with Crippen molar-refractivity contribution < 1.29 is 22.3 Å². The maximum atomic E-state index is 14.1. The Morgan fingerprint density at radius 2 is 1.74 bits per heavy atom. The van der Waals surface area contributed by atoms with E-state index in [9.17, 15) is 17.6 Å². The molecule has 0 aliphatic rings. The predicted octanol–water partition coefficient (Wildman–Crippen LogP) is 3.83. The van der Waals surface area contributed by atoms with E-state index in [1.165, 1.54) is 4.31 Å². The molecule has 146 valence electrons. The Hall–Kier alpha value is -2.25. The number of hydrogen-bond donors (Lipinski definition) is 0. The SMILES string of the molecule is CCN(CC)S(=O)(=O)c1ccc(F)c(C(=O)OCc2cc(C)ccc2C)c1. The molecule has 0 fully saturated rings. The van der Waals surface area contributed by atoms with E-state index in [4.69, 9.17) is 4.74 Å². The van der Waals surface area contributed by atoms with Gasteiger partial charge in [0.1, 0.15) is 12.4 Å². The fourth-order valence-electron chi connectivity index (χ4n) is 2.71. The second-order valence-electron chi connectivity index (χ2n) is 6.24. The average molecular weight is 393 g/mol. The highest BCUT2D eigenvalue weighted by atomic mass is 32.2. The van der Waals surface area contributed by atoms with E-state index in [0.29, 0.717) is 0 Å². The van der Waals surface area contributed by atoms with Crippen LogP contribution < -0.4 is 0 Å². The lowest BCUT2D eigenvalue weighted by Gasteiger charge is -2.18. The molecule has 0 aliphatic heterocycles. The van der Waals surface area contributed by atoms with E-state index in [2.05, 4.69) is 0 Å². The first-order valence-corrected chi connectivity index (χ1v) is 10.2. The largest absolute Gasteiger partial charge is 0.457 e. The van der Waals surface area contributed by atoms with E-state index in [-0.39, 0.29) is 24.6 Å². The van der Waals surface area contributed by atoms with Gasteiger partial charge in [-0.3, -0.25) is 0 Å². The van der Waals surface area contributed by atoms with E-state index < -0.39 is 27.4 Å². The molecular formula is C20H24FNO4S. The summed E-state index contributed by atoms with van der Waals surface area (Å²) >= 11 is 0. The molecule has 0 radical (unpaired) electrons. The monoisotopic (exact) mass is 393 g/mol. The molecule has 2 rings (SSSR count). The van der Waals surface area contributed by atoms with Crippen LogP contribution in [0.4, 0.5) is 4.39 Å². The lowest BCUT2D eigenvalue weighted by molar-refractivity contribution is 0.0466. The van der Waals surface area contributed by atoms with Gasteiger partial charge in [0.05, 0.1) is 10.5 Å². The molecule has 0 bridgehead atoms. The zero-order valence-electron chi connectivity index (χ0n) is 16.0. The molecule has 7 heteroatoms. The highest BCUT2D eigenvalue weighted by Gasteiger charge is 2.24. The number of halogens is 1. The van der Waals surface area contributed by atoms with E-state index >= 15 is 0 Å². The number of ether oxygens (including phenoxy) is 1. The Morgan fingerprint density at radius 1 is 1.07 bits per heavy atom. The first kappa shape index (κ1) is 21.1. The van der Waals surface area contributed by atoms with E-state index in [0.717, 1.165) is 34.9 Å². The Bertz CT molecular complexity index is 937. The number of hydrogen-bond acceptors (Lipinski definition) is 4. The second-order valence-corrected chi connectivity index (χ2v) is 8.17. The van der Waals surface area contributed by atoms with Crippen LogP contribution in [0.5, 0.6) is 0 Å². The molecular weight excluding hydrogens is 369 g/mol. The third kappa shape index (κ3) is 4.73. The van der Waals surface area contributed by atoms with Gasteiger partial charge in [0.15, 0.2) is 0 Å². The summed E-state index contributed by atoms with van der Waals surface area (Å²) in [4.78, 5) is 12.2. The van der Waals surface area contributed by atoms with Crippen LogP contribution in [0, 0.1) is 19.7 Å². The number of rotatable bonds is 7. The minimum absolute atomic E-state index is 0.0151. The van der Waals surface area contributed by atoms with Crippen LogP contribution in [-0.2, 0) is 21.4 Å². The van der Waals surface area contributed by atoms with Crippen molar-refractivity contribution in [3.63, 3.8) is 0 Å². The average Bonchev–Trinajstić information content (AvgIpc) is 2.63. The van der Waals surface area contributed by atoms with Crippen molar-refractivity contribution in [3.05, 3.63) is 64.5 Å². The molecule has 0 N–H and O–H groups in total. The Labute approximate surface area is 159 Å². The Morgan fingerprint density at radius 3 is 2.37 bits per heavy atom. The summed E-state index contributed by atoms with van der Waals surface area (Å²) in [6.45, 7) is 7.78. The molecule has 0 atom stereocenters.